The third-order valence-corrected chi connectivity index (χ3v) is 1.36. The lowest BCUT2D eigenvalue weighted by molar-refractivity contribution is -0.132. The summed E-state index contributed by atoms with van der Waals surface area (Å²) in [5.41, 5.74) is 0.264. The molecule has 0 aliphatic heterocycles. The van der Waals surface area contributed by atoms with Crippen molar-refractivity contribution in [1.29, 1.82) is 0 Å². The molecule has 0 bridgehead atoms. The molecule has 0 saturated heterocycles. The summed E-state index contributed by atoms with van der Waals surface area (Å²) in [4.78, 5) is 12.0. The molecule has 0 atom stereocenters. The van der Waals surface area contributed by atoms with Crippen molar-refractivity contribution in [2.45, 2.75) is 20.3 Å². The molecule has 0 fully saturated rings. The van der Waals surface area contributed by atoms with Crippen LogP contribution >= 0.6 is 0 Å². The normalized spacial score (nSPS) is 8.75. The quantitative estimate of drug-likeness (QED) is 0.659. The van der Waals surface area contributed by atoms with E-state index in [1.807, 2.05) is 0 Å². The van der Waals surface area contributed by atoms with Gasteiger partial charge in [0.1, 0.15) is 0 Å². The first-order chi connectivity index (χ1) is 5.45. The van der Waals surface area contributed by atoms with Gasteiger partial charge in [0, 0.05) is 5.57 Å². The van der Waals surface area contributed by atoms with Crippen LogP contribution in [0.3, 0.4) is 0 Å². The van der Waals surface area contributed by atoms with Crippen LogP contribution in [0.1, 0.15) is 20.3 Å². The maximum Gasteiger partial charge on any atom is 0.330 e. The SMILES string of the molecule is C=C(CC)C(=O)O.CCN(C)C. The number of hydrogen-bond acceptors (Lipinski definition) is 2. The van der Waals surface area contributed by atoms with E-state index in [0.717, 1.165) is 6.54 Å². The van der Waals surface area contributed by atoms with Gasteiger partial charge in [-0.15, -0.1) is 0 Å². The lowest BCUT2D eigenvalue weighted by Crippen LogP contribution is -2.08. The van der Waals surface area contributed by atoms with E-state index in [-0.39, 0.29) is 5.57 Å². The van der Waals surface area contributed by atoms with Crippen LogP contribution in [0.25, 0.3) is 0 Å². The van der Waals surface area contributed by atoms with Crippen molar-refractivity contribution in [2.24, 2.45) is 0 Å². The average molecular weight is 173 g/mol. The molecule has 0 aliphatic rings. The largest absolute Gasteiger partial charge is 0.478 e. The van der Waals surface area contributed by atoms with Crippen LogP contribution in [0.2, 0.25) is 0 Å². The van der Waals surface area contributed by atoms with E-state index in [4.69, 9.17) is 5.11 Å². The van der Waals surface area contributed by atoms with Gasteiger partial charge in [-0.3, -0.25) is 0 Å². The van der Waals surface area contributed by atoms with Gasteiger partial charge in [-0.05, 0) is 27.1 Å². The summed E-state index contributed by atoms with van der Waals surface area (Å²) in [6.45, 7) is 8.30. The highest BCUT2D eigenvalue weighted by Crippen LogP contribution is 1.93. The molecule has 12 heavy (non-hydrogen) atoms. The molecule has 3 nitrogen and oxygen atoms in total. The van der Waals surface area contributed by atoms with Crippen molar-refractivity contribution in [3.05, 3.63) is 12.2 Å². The molecule has 0 aromatic rings. The molecule has 0 radical (unpaired) electrons. The summed E-state index contributed by atoms with van der Waals surface area (Å²) < 4.78 is 0. The molecule has 0 saturated carbocycles. The highest BCUT2D eigenvalue weighted by Gasteiger charge is 1.96. The first-order valence-corrected chi connectivity index (χ1v) is 4.01. The Hall–Kier alpha value is -0.830. The van der Waals surface area contributed by atoms with E-state index in [9.17, 15) is 4.79 Å². The summed E-state index contributed by atoms with van der Waals surface area (Å²) in [7, 11) is 4.11. The fraction of sp³-hybridized carbons (Fsp3) is 0.667. The Morgan fingerprint density at radius 3 is 1.75 bits per heavy atom. The number of aliphatic carboxylic acids is 1. The molecule has 0 unspecified atom stereocenters. The summed E-state index contributed by atoms with van der Waals surface area (Å²) >= 11 is 0. The Labute approximate surface area is 74.7 Å². The zero-order valence-corrected chi connectivity index (χ0v) is 8.42. The molecule has 1 N–H and O–H groups in total. The van der Waals surface area contributed by atoms with Gasteiger partial charge < -0.3 is 10.0 Å². The second kappa shape index (κ2) is 8.27. The summed E-state index contributed by atoms with van der Waals surface area (Å²) in [5, 5.41) is 8.08. The first kappa shape index (κ1) is 13.7. The smallest absolute Gasteiger partial charge is 0.330 e. The molecular formula is C9H19NO2. The molecule has 0 heterocycles. The minimum atomic E-state index is -0.900. The lowest BCUT2D eigenvalue weighted by Gasteiger charge is -2.00. The molecule has 0 aromatic heterocycles. The lowest BCUT2D eigenvalue weighted by atomic mass is 10.2. The second-order valence-corrected chi connectivity index (χ2v) is 2.66. The molecule has 72 valence electrons. The summed E-state index contributed by atoms with van der Waals surface area (Å²) in [6, 6.07) is 0. The Morgan fingerprint density at radius 2 is 1.75 bits per heavy atom. The van der Waals surface area contributed by atoms with Gasteiger partial charge in [0.15, 0.2) is 0 Å². The van der Waals surface area contributed by atoms with Gasteiger partial charge >= 0.3 is 5.97 Å². The third kappa shape index (κ3) is 11.9. The number of carboxylic acids is 1. The van der Waals surface area contributed by atoms with E-state index in [0.29, 0.717) is 6.42 Å². The van der Waals surface area contributed by atoms with Crippen molar-refractivity contribution in [3.63, 3.8) is 0 Å². The van der Waals surface area contributed by atoms with Gasteiger partial charge in [0.05, 0.1) is 0 Å². The molecule has 0 rings (SSSR count). The van der Waals surface area contributed by atoms with E-state index < -0.39 is 5.97 Å². The zero-order valence-electron chi connectivity index (χ0n) is 8.42. The first-order valence-electron chi connectivity index (χ1n) is 4.01. The topological polar surface area (TPSA) is 40.5 Å². The van der Waals surface area contributed by atoms with Crippen molar-refractivity contribution < 1.29 is 9.90 Å². The third-order valence-electron chi connectivity index (χ3n) is 1.36. The molecule has 3 heteroatoms. The number of hydrogen-bond donors (Lipinski definition) is 1. The second-order valence-electron chi connectivity index (χ2n) is 2.66. The molecule has 0 aliphatic carbocycles. The highest BCUT2D eigenvalue weighted by molar-refractivity contribution is 5.85. The molecule has 0 spiro atoms. The van der Waals surface area contributed by atoms with Crippen LogP contribution in [0.5, 0.6) is 0 Å². The maximum absolute atomic E-state index is 9.83. The summed E-state index contributed by atoms with van der Waals surface area (Å²) in [6.07, 6.45) is 0.523. The Morgan fingerprint density at radius 1 is 1.42 bits per heavy atom. The average Bonchev–Trinajstić information content (AvgIpc) is 2.04. The molecule has 0 amide bonds. The van der Waals surface area contributed by atoms with Gasteiger partial charge in [-0.1, -0.05) is 20.4 Å². The minimum absolute atomic E-state index is 0.264. The van der Waals surface area contributed by atoms with Crippen LogP contribution in [0.4, 0.5) is 0 Å². The van der Waals surface area contributed by atoms with Crippen molar-refractivity contribution in [1.82, 2.24) is 4.90 Å². The standard InChI is InChI=1S/C5H8O2.C4H11N/c1-3-4(2)5(6)7;1-4-5(2)3/h2-3H2,1H3,(H,6,7);4H2,1-3H3. The fourth-order valence-corrected chi connectivity index (χ4v) is 0.151. The predicted molar refractivity (Wildman–Crippen MR) is 51.3 cm³/mol. The van der Waals surface area contributed by atoms with Gasteiger partial charge in [0.2, 0.25) is 0 Å². The Bertz CT molecular complexity index is 141. The van der Waals surface area contributed by atoms with Crippen molar-refractivity contribution >= 4 is 5.97 Å². The van der Waals surface area contributed by atoms with Crippen LogP contribution in [0, 0.1) is 0 Å². The van der Waals surface area contributed by atoms with E-state index in [1.54, 1.807) is 6.92 Å². The van der Waals surface area contributed by atoms with E-state index in [1.165, 1.54) is 0 Å². The van der Waals surface area contributed by atoms with E-state index in [2.05, 4.69) is 32.5 Å². The summed E-state index contributed by atoms with van der Waals surface area (Å²) in [5.74, 6) is -0.900. The van der Waals surface area contributed by atoms with E-state index >= 15 is 0 Å². The maximum atomic E-state index is 9.83. The molecule has 0 aromatic carbocycles. The number of rotatable bonds is 3. The van der Waals surface area contributed by atoms with Gasteiger partial charge in [-0.25, -0.2) is 4.79 Å². The minimum Gasteiger partial charge on any atom is -0.478 e. The van der Waals surface area contributed by atoms with Crippen LogP contribution in [-0.4, -0.2) is 36.6 Å². The Balaban J connectivity index is 0. The van der Waals surface area contributed by atoms with Gasteiger partial charge in [0.25, 0.3) is 0 Å². The highest BCUT2D eigenvalue weighted by atomic mass is 16.4. The van der Waals surface area contributed by atoms with Gasteiger partial charge in [-0.2, -0.15) is 0 Å². The zero-order chi connectivity index (χ0) is 10.1. The number of carbonyl (C=O) groups is 1. The van der Waals surface area contributed by atoms with Crippen LogP contribution in [0.15, 0.2) is 12.2 Å². The molecular weight excluding hydrogens is 154 g/mol. The number of carboxylic acid groups (broad SMARTS) is 1. The Kier molecular flexibility index (Phi) is 9.47. The predicted octanol–water partition coefficient (Wildman–Crippen LogP) is 1.61. The fourth-order valence-electron chi connectivity index (χ4n) is 0.151. The monoisotopic (exact) mass is 173 g/mol. The van der Waals surface area contributed by atoms with Crippen LogP contribution in [-0.2, 0) is 4.79 Å². The number of nitrogens with zero attached hydrogens (tertiary/aromatic N) is 1. The van der Waals surface area contributed by atoms with Crippen molar-refractivity contribution in [3.8, 4) is 0 Å². The van der Waals surface area contributed by atoms with Crippen molar-refractivity contribution in [2.75, 3.05) is 20.6 Å². The van der Waals surface area contributed by atoms with Crippen LogP contribution < -0.4 is 0 Å².